The highest BCUT2D eigenvalue weighted by atomic mass is 19.4. The fraction of sp³-hybridized carbons (Fsp3) is 0.0909. The van der Waals surface area contributed by atoms with E-state index in [0.717, 1.165) is 0 Å². The van der Waals surface area contributed by atoms with Gasteiger partial charge in [-0.3, -0.25) is 14.4 Å². The molecule has 5 rings (SSSR count). The normalized spacial score (nSPS) is 11.1. The van der Waals surface area contributed by atoms with Crippen molar-refractivity contribution in [1.29, 1.82) is 0 Å². The number of alkyl halides is 6. The van der Waals surface area contributed by atoms with Crippen LogP contribution in [0.2, 0.25) is 0 Å². The molecule has 2 amide bonds. The summed E-state index contributed by atoms with van der Waals surface area (Å²) in [6.45, 7) is 1.74. The van der Waals surface area contributed by atoms with E-state index < -0.39 is 35.0 Å². The van der Waals surface area contributed by atoms with Crippen LogP contribution in [0.3, 0.4) is 0 Å². The number of hydrogen-bond acceptors (Lipinski definition) is 4. The van der Waals surface area contributed by atoms with Gasteiger partial charge in [-0.15, -0.1) is 0 Å². The van der Waals surface area contributed by atoms with Crippen molar-refractivity contribution in [2.24, 2.45) is 5.73 Å². The summed E-state index contributed by atoms with van der Waals surface area (Å²) in [4.78, 5) is 41.1. The number of pyridine rings is 2. The van der Waals surface area contributed by atoms with Crippen LogP contribution in [-0.2, 0) is 12.4 Å². The third-order valence-electron chi connectivity index (χ3n) is 6.32. The first-order valence-corrected chi connectivity index (χ1v) is 13.2. The van der Waals surface area contributed by atoms with E-state index in [1.165, 1.54) is 24.4 Å². The highest BCUT2D eigenvalue weighted by Crippen LogP contribution is 2.36. The Morgan fingerprint density at radius 3 is 2.04 bits per heavy atom. The molecule has 13 heteroatoms. The monoisotopic (exact) mass is 636 g/mol. The minimum absolute atomic E-state index is 0.0460. The molecule has 5 aromatic rings. The molecule has 7 nitrogen and oxygen atoms in total. The third kappa shape index (κ3) is 8.60. The molecule has 0 saturated heterocycles. The van der Waals surface area contributed by atoms with Crippen molar-refractivity contribution in [3.05, 3.63) is 140 Å². The molecule has 0 saturated carbocycles. The van der Waals surface area contributed by atoms with Gasteiger partial charge in [0.05, 0.1) is 11.1 Å². The number of fused-ring (bicyclic) bond motifs is 1. The van der Waals surface area contributed by atoms with Crippen molar-refractivity contribution in [3.63, 3.8) is 0 Å². The Morgan fingerprint density at radius 2 is 1.46 bits per heavy atom. The van der Waals surface area contributed by atoms with Gasteiger partial charge in [0.1, 0.15) is 5.65 Å². The minimum atomic E-state index is -5.07. The number of nitrogens with two attached hydrogens (primary N) is 1. The first-order chi connectivity index (χ1) is 21.6. The Labute approximate surface area is 257 Å². The van der Waals surface area contributed by atoms with E-state index in [0.29, 0.717) is 45.4 Å². The number of carbonyl (C=O) groups excluding carboxylic acids is 2. The maximum atomic E-state index is 13.1. The topological polar surface area (TPSA) is 118 Å². The Balaban J connectivity index is 0.000000459. The molecule has 0 bridgehead atoms. The zero-order valence-corrected chi connectivity index (χ0v) is 23.7. The van der Waals surface area contributed by atoms with Crippen molar-refractivity contribution in [1.82, 2.24) is 9.97 Å². The molecule has 0 radical (unpaired) electrons. The third-order valence-corrected chi connectivity index (χ3v) is 6.32. The summed E-state index contributed by atoms with van der Waals surface area (Å²) in [5.41, 5.74) is 3.47. The molecular weight excluding hydrogens is 614 g/mol. The number of aromatic nitrogens is 2. The zero-order chi connectivity index (χ0) is 33.6. The molecule has 234 valence electrons. The number of amides is 2. The van der Waals surface area contributed by atoms with Crippen LogP contribution in [0, 0.1) is 18.8 Å². The Kier molecular flexibility index (Phi) is 9.61. The van der Waals surface area contributed by atoms with Crippen molar-refractivity contribution in [2.45, 2.75) is 19.3 Å². The molecule has 0 aliphatic rings. The molecule has 2 aromatic heterocycles. The van der Waals surface area contributed by atoms with E-state index in [-0.39, 0.29) is 23.2 Å². The van der Waals surface area contributed by atoms with Crippen molar-refractivity contribution in [2.75, 3.05) is 5.32 Å². The smallest absolute Gasteiger partial charge is 0.366 e. The number of aryl methyl sites for hydroxylation is 1. The van der Waals surface area contributed by atoms with Gasteiger partial charge in [0.25, 0.3) is 5.91 Å². The SMILES string of the molecule is Cc1ccc(NC(=O)c2cc(C(F)(F)F)cc(C(F)(F)F)c2)cc1C#Cc1cnc2[nH]c(=O)ccc2c1.NC(=O)c1ccccc1. The molecule has 4 N–H and O–H groups in total. The molecule has 2 heterocycles. The maximum Gasteiger partial charge on any atom is 0.416 e. The summed E-state index contributed by atoms with van der Waals surface area (Å²) >= 11 is 0. The van der Waals surface area contributed by atoms with Gasteiger partial charge in [0.15, 0.2) is 0 Å². The van der Waals surface area contributed by atoms with Gasteiger partial charge in [-0.1, -0.05) is 36.1 Å². The number of nitrogens with one attached hydrogen (secondary N) is 2. The largest absolute Gasteiger partial charge is 0.416 e. The summed E-state index contributed by atoms with van der Waals surface area (Å²) in [7, 11) is 0. The van der Waals surface area contributed by atoms with Crippen LogP contribution in [-0.4, -0.2) is 21.8 Å². The minimum Gasteiger partial charge on any atom is -0.366 e. The second-order valence-electron chi connectivity index (χ2n) is 9.74. The van der Waals surface area contributed by atoms with Crippen LogP contribution in [0.15, 0.2) is 95.9 Å². The van der Waals surface area contributed by atoms with Crippen LogP contribution in [0.1, 0.15) is 48.5 Å². The van der Waals surface area contributed by atoms with Crippen LogP contribution in [0.4, 0.5) is 32.0 Å². The number of aromatic amines is 1. The Hall–Kier alpha value is -5.90. The summed E-state index contributed by atoms with van der Waals surface area (Å²) < 4.78 is 78.7. The highest BCUT2D eigenvalue weighted by molar-refractivity contribution is 6.04. The summed E-state index contributed by atoms with van der Waals surface area (Å²) in [5.74, 6) is 4.28. The maximum absolute atomic E-state index is 13.1. The van der Waals surface area contributed by atoms with Gasteiger partial charge in [-0.25, -0.2) is 4.98 Å². The number of halogens is 6. The fourth-order valence-corrected chi connectivity index (χ4v) is 3.97. The van der Waals surface area contributed by atoms with E-state index in [1.54, 1.807) is 49.4 Å². The summed E-state index contributed by atoms with van der Waals surface area (Å²) in [6, 6.07) is 18.6. The van der Waals surface area contributed by atoms with E-state index in [2.05, 4.69) is 27.1 Å². The number of rotatable bonds is 3. The van der Waals surface area contributed by atoms with Gasteiger partial charge >= 0.3 is 12.4 Å². The average molecular weight is 637 g/mol. The fourth-order valence-electron chi connectivity index (χ4n) is 3.97. The molecule has 0 aliphatic heterocycles. The van der Waals surface area contributed by atoms with E-state index in [1.807, 2.05) is 6.07 Å². The number of hydrogen-bond donors (Lipinski definition) is 3. The molecule has 3 aromatic carbocycles. The van der Waals surface area contributed by atoms with Gasteiger partial charge < -0.3 is 16.0 Å². The first kappa shape index (κ1) is 33.0. The number of benzene rings is 3. The van der Waals surface area contributed by atoms with Crippen molar-refractivity contribution >= 4 is 28.5 Å². The molecule has 0 spiro atoms. The Morgan fingerprint density at radius 1 is 0.804 bits per heavy atom. The van der Waals surface area contributed by atoms with Crippen LogP contribution < -0.4 is 16.6 Å². The lowest BCUT2D eigenvalue weighted by Crippen LogP contribution is -2.17. The van der Waals surface area contributed by atoms with E-state index in [9.17, 15) is 40.7 Å². The summed E-state index contributed by atoms with van der Waals surface area (Å²) in [5, 5.41) is 2.98. The number of nitrogens with zero attached hydrogens (tertiary/aromatic N) is 1. The van der Waals surface area contributed by atoms with Crippen LogP contribution >= 0.6 is 0 Å². The lowest BCUT2D eigenvalue weighted by atomic mass is 10.0. The van der Waals surface area contributed by atoms with Crippen LogP contribution in [0.5, 0.6) is 0 Å². The van der Waals surface area contributed by atoms with Gasteiger partial charge in [-0.2, -0.15) is 26.3 Å². The number of primary amides is 1. The lowest BCUT2D eigenvalue weighted by molar-refractivity contribution is -0.143. The van der Waals surface area contributed by atoms with E-state index >= 15 is 0 Å². The number of H-pyrrole nitrogens is 1. The molecule has 0 aliphatic carbocycles. The highest BCUT2D eigenvalue weighted by Gasteiger charge is 2.37. The van der Waals surface area contributed by atoms with Crippen molar-refractivity contribution < 1.29 is 35.9 Å². The predicted molar refractivity (Wildman–Crippen MR) is 159 cm³/mol. The second-order valence-corrected chi connectivity index (χ2v) is 9.74. The van der Waals surface area contributed by atoms with Crippen molar-refractivity contribution in [3.8, 4) is 11.8 Å². The first-order valence-electron chi connectivity index (χ1n) is 13.2. The molecule has 0 atom stereocenters. The van der Waals surface area contributed by atoms with Gasteiger partial charge in [-0.05, 0) is 67.1 Å². The number of anilines is 1. The molecule has 0 fully saturated rings. The van der Waals surface area contributed by atoms with Crippen LogP contribution in [0.25, 0.3) is 11.0 Å². The van der Waals surface area contributed by atoms with E-state index in [4.69, 9.17) is 5.73 Å². The average Bonchev–Trinajstić information content (AvgIpc) is 3.01. The molecular formula is C33H22F6N4O3. The van der Waals surface area contributed by atoms with Gasteiger partial charge in [0.2, 0.25) is 11.5 Å². The second kappa shape index (κ2) is 13.4. The molecule has 46 heavy (non-hydrogen) atoms. The Bertz CT molecular complexity index is 2010. The number of carbonyl (C=O) groups is 2. The molecule has 0 unspecified atom stereocenters. The standard InChI is InChI=1S/C26H15F6N3O2.C7H7NO/c1-14-2-6-21(11-16(14)4-3-15-8-17-5-7-22(36)35-23(17)33-13-15)34-24(37)18-9-19(25(27,28)29)12-20(10-18)26(30,31)32;8-7(9)6-4-2-1-3-5-6/h2,5-13H,1H3,(H,34,37)(H,33,35,36);1-5H,(H2,8,9). The van der Waals surface area contributed by atoms with Gasteiger partial charge in [0, 0.05) is 45.6 Å². The quantitative estimate of drug-likeness (QED) is 0.151. The zero-order valence-electron chi connectivity index (χ0n) is 23.7. The summed E-state index contributed by atoms with van der Waals surface area (Å²) in [6.07, 6.45) is -8.69. The lowest BCUT2D eigenvalue weighted by Gasteiger charge is -2.14. The predicted octanol–water partition coefficient (Wildman–Crippen LogP) is 6.71.